The van der Waals surface area contributed by atoms with E-state index in [2.05, 4.69) is 14.9 Å². The van der Waals surface area contributed by atoms with Crippen molar-refractivity contribution in [2.45, 2.75) is 6.42 Å². The first-order valence-electron chi connectivity index (χ1n) is 4.65. The Morgan fingerprint density at radius 2 is 2.43 bits per heavy atom. The van der Waals surface area contributed by atoms with Gasteiger partial charge in [0.25, 0.3) is 5.91 Å². The topological polar surface area (TPSA) is 58.1 Å². The zero-order valence-corrected chi connectivity index (χ0v) is 8.59. The van der Waals surface area contributed by atoms with Crippen molar-refractivity contribution >= 4 is 17.4 Å². The fraction of sp³-hybridized carbons (Fsp3) is 0.625. The average molecular weight is 212 g/mol. The Balaban J connectivity index is 2.03. The molecule has 1 amide bonds. The van der Waals surface area contributed by atoms with Crippen LogP contribution in [0.4, 0.5) is 0 Å². The molecule has 0 saturated carbocycles. The van der Waals surface area contributed by atoms with Crippen LogP contribution in [-0.2, 0) is 0 Å². The quantitative estimate of drug-likeness (QED) is 0.710. The molecule has 0 radical (unpaired) electrons. The first-order chi connectivity index (χ1) is 6.88. The first kappa shape index (κ1) is 9.54. The predicted molar refractivity (Wildman–Crippen MR) is 53.3 cm³/mol. The van der Waals surface area contributed by atoms with Crippen molar-refractivity contribution in [1.82, 2.24) is 19.8 Å². The van der Waals surface area contributed by atoms with Crippen LogP contribution in [0.5, 0.6) is 0 Å². The van der Waals surface area contributed by atoms with E-state index in [0.29, 0.717) is 4.88 Å². The molecule has 14 heavy (non-hydrogen) atoms. The lowest BCUT2D eigenvalue weighted by Crippen LogP contribution is -2.33. The Hall–Kier alpha value is -1.01. The monoisotopic (exact) mass is 212 g/mol. The molecular weight excluding hydrogens is 200 g/mol. The van der Waals surface area contributed by atoms with Gasteiger partial charge in [-0.2, -0.15) is 0 Å². The van der Waals surface area contributed by atoms with Crippen molar-refractivity contribution in [3.63, 3.8) is 0 Å². The van der Waals surface area contributed by atoms with Crippen LogP contribution in [0.2, 0.25) is 0 Å². The van der Waals surface area contributed by atoms with E-state index in [0.717, 1.165) is 44.1 Å². The summed E-state index contributed by atoms with van der Waals surface area (Å²) in [5.41, 5.74) is 0. The van der Waals surface area contributed by atoms with Crippen LogP contribution in [0.15, 0.2) is 6.20 Å². The number of carbonyl (C=O) groups excluding carboxylic acids is 1. The molecule has 0 bridgehead atoms. The minimum atomic E-state index is 0.0590. The van der Waals surface area contributed by atoms with Gasteiger partial charge in [-0.15, -0.1) is 5.10 Å². The molecule has 2 rings (SSSR count). The van der Waals surface area contributed by atoms with E-state index in [4.69, 9.17) is 0 Å². The van der Waals surface area contributed by atoms with Crippen molar-refractivity contribution in [2.24, 2.45) is 0 Å². The summed E-state index contributed by atoms with van der Waals surface area (Å²) in [7, 11) is 0. The Labute approximate surface area is 86.3 Å². The molecule has 0 atom stereocenters. The maximum Gasteiger partial charge on any atom is 0.267 e. The molecule has 0 aliphatic carbocycles. The summed E-state index contributed by atoms with van der Waals surface area (Å²) < 4.78 is 3.69. The van der Waals surface area contributed by atoms with Crippen LogP contribution in [0, 0.1) is 0 Å². The Morgan fingerprint density at radius 1 is 1.50 bits per heavy atom. The van der Waals surface area contributed by atoms with E-state index in [-0.39, 0.29) is 5.91 Å². The van der Waals surface area contributed by atoms with Crippen LogP contribution < -0.4 is 5.32 Å². The molecule has 1 fully saturated rings. The van der Waals surface area contributed by atoms with Crippen LogP contribution in [0.25, 0.3) is 0 Å². The molecule has 5 nitrogen and oxygen atoms in total. The fourth-order valence-electron chi connectivity index (χ4n) is 1.47. The van der Waals surface area contributed by atoms with Gasteiger partial charge in [0.1, 0.15) is 4.88 Å². The lowest BCUT2D eigenvalue weighted by Gasteiger charge is -2.18. The van der Waals surface area contributed by atoms with Crippen molar-refractivity contribution in [3.05, 3.63) is 11.1 Å². The molecule has 1 aliphatic heterocycles. The number of rotatable bonds is 1. The van der Waals surface area contributed by atoms with E-state index < -0.39 is 0 Å². The molecule has 76 valence electrons. The zero-order chi connectivity index (χ0) is 9.80. The van der Waals surface area contributed by atoms with Gasteiger partial charge in [0.15, 0.2) is 0 Å². The second-order valence-electron chi connectivity index (χ2n) is 3.18. The number of nitrogens with one attached hydrogen (secondary N) is 1. The van der Waals surface area contributed by atoms with Crippen LogP contribution in [0.3, 0.4) is 0 Å². The average Bonchev–Trinajstić information content (AvgIpc) is 2.59. The maximum atomic E-state index is 11.8. The summed E-state index contributed by atoms with van der Waals surface area (Å²) in [5, 5.41) is 6.92. The molecule has 2 heterocycles. The first-order valence-corrected chi connectivity index (χ1v) is 5.42. The van der Waals surface area contributed by atoms with E-state index in [9.17, 15) is 4.79 Å². The highest BCUT2D eigenvalue weighted by molar-refractivity contribution is 7.07. The van der Waals surface area contributed by atoms with Gasteiger partial charge in [0, 0.05) is 19.6 Å². The van der Waals surface area contributed by atoms with Crippen molar-refractivity contribution in [2.75, 3.05) is 26.2 Å². The summed E-state index contributed by atoms with van der Waals surface area (Å²) in [5.74, 6) is 0.0590. The number of nitrogens with zero attached hydrogens (tertiary/aromatic N) is 3. The van der Waals surface area contributed by atoms with Gasteiger partial charge in [0.05, 0.1) is 6.20 Å². The third-order valence-electron chi connectivity index (χ3n) is 2.20. The number of hydrogen-bond acceptors (Lipinski definition) is 5. The second kappa shape index (κ2) is 4.47. The van der Waals surface area contributed by atoms with E-state index in [1.807, 2.05) is 4.90 Å². The maximum absolute atomic E-state index is 11.8. The smallest absolute Gasteiger partial charge is 0.267 e. The van der Waals surface area contributed by atoms with Gasteiger partial charge in [-0.1, -0.05) is 4.49 Å². The third kappa shape index (κ3) is 2.08. The Kier molecular flexibility index (Phi) is 3.05. The molecule has 1 aromatic heterocycles. The molecule has 0 aromatic carbocycles. The van der Waals surface area contributed by atoms with Crippen LogP contribution in [0.1, 0.15) is 16.1 Å². The van der Waals surface area contributed by atoms with Crippen LogP contribution >= 0.6 is 11.5 Å². The van der Waals surface area contributed by atoms with E-state index >= 15 is 0 Å². The summed E-state index contributed by atoms with van der Waals surface area (Å²) in [6.45, 7) is 3.46. The largest absolute Gasteiger partial charge is 0.337 e. The van der Waals surface area contributed by atoms with Gasteiger partial charge in [-0.25, -0.2) is 0 Å². The lowest BCUT2D eigenvalue weighted by atomic mass is 10.3. The molecule has 1 aromatic rings. The number of carbonyl (C=O) groups is 1. The predicted octanol–water partition coefficient (Wildman–Crippen LogP) is -0.0264. The fourth-order valence-corrected chi connectivity index (χ4v) is 1.95. The second-order valence-corrected chi connectivity index (χ2v) is 3.96. The van der Waals surface area contributed by atoms with Gasteiger partial charge in [0.2, 0.25) is 0 Å². The Morgan fingerprint density at radius 3 is 3.21 bits per heavy atom. The molecule has 1 N–H and O–H groups in total. The van der Waals surface area contributed by atoms with Gasteiger partial charge < -0.3 is 10.2 Å². The van der Waals surface area contributed by atoms with Crippen molar-refractivity contribution in [1.29, 1.82) is 0 Å². The summed E-state index contributed by atoms with van der Waals surface area (Å²) in [6.07, 6.45) is 2.54. The summed E-state index contributed by atoms with van der Waals surface area (Å²) >= 11 is 1.16. The van der Waals surface area contributed by atoms with E-state index in [1.165, 1.54) is 6.20 Å². The SMILES string of the molecule is O=C(c1cnns1)N1CCCNCC1. The highest BCUT2D eigenvalue weighted by atomic mass is 32.1. The van der Waals surface area contributed by atoms with Crippen molar-refractivity contribution in [3.8, 4) is 0 Å². The van der Waals surface area contributed by atoms with Crippen molar-refractivity contribution < 1.29 is 4.79 Å². The molecule has 0 unspecified atom stereocenters. The highest BCUT2D eigenvalue weighted by Crippen LogP contribution is 2.08. The summed E-state index contributed by atoms with van der Waals surface area (Å²) in [4.78, 5) is 14.3. The third-order valence-corrected chi connectivity index (χ3v) is 2.85. The normalized spacial score (nSPS) is 17.9. The zero-order valence-electron chi connectivity index (χ0n) is 7.77. The number of amides is 1. The van der Waals surface area contributed by atoms with Gasteiger partial charge in [-0.05, 0) is 24.5 Å². The number of hydrogen-bond donors (Lipinski definition) is 1. The Bertz CT molecular complexity index is 292. The minimum absolute atomic E-state index is 0.0590. The summed E-state index contributed by atoms with van der Waals surface area (Å²) in [6, 6.07) is 0. The molecule has 0 spiro atoms. The molecular formula is C8H12N4OS. The van der Waals surface area contributed by atoms with Gasteiger partial charge >= 0.3 is 0 Å². The molecule has 6 heteroatoms. The van der Waals surface area contributed by atoms with E-state index in [1.54, 1.807) is 0 Å². The van der Waals surface area contributed by atoms with Crippen LogP contribution in [-0.4, -0.2) is 46.6 Å². The van der Waals surface area contributed by atoms with Gasteiger partial charge in [-0.3, -0.25) is 4.79 Å². The lowest BCUT2D eigenvalue weighted by molar-refractivity contribution is 0.0771. The molecule has 1 saturated heterocycles. The minimum Gasteiger partial charge on any atom is -0.337 e. The standard InChI is InChI=1S/C8H12N4OS/c13-8(7-6-10-11-14-7)12-4-1-2-9-3-5-12/h6,9H,1-5H2. The molecule has 1 aliphatic rings. The highest BCUT2D eigenvalue weighted by Gasteiger charge is 2.18. The number of aromatic nitrogens is 2.